The number of hydrogen-bond acceptors (Lipinski definition) is 3. The molecule has 1 amide bonds. The van der Waals surface area contributed by atoms with E-state index in [2.05, 4.69) is 39.5 Å². The number of carbonyl (C=O) groups is 1. The normalized spacial score (nSPS) is 17.6. The monoisotopic (exact) mass is 359 g/mol. The Kier molecular flexibility index (Phi) is 5.89. The Balaban J connectivity index is 1.41. The van der Waals surface area contributed by atoms with Crippen molar-refractivity contribution in [3.63, 3.8) is 0 Å². The van der Waals surface area contributed by atoms with Gasteiger partial charge in [0, 0.05) is 25.8 Å². The molecular formula is C19H22ClN3O2. The minimum atomic E-state index is -0.386. The first kappa shape index (κ1) is 17.7. The van der Waals surface area contributed by atoms with E-state index in [1.165, 1.54) is 17.8 Å². The quantitative estimate of drug-likeness (QED) is 0.833. The molecule has 6 heteroatoms. The van der Waals surface area contributed by atoms with Crippen LogP contribution in [0.4, 0.5) is 0 Å². The van der Waals surface area contributed by atoms with Gasteiger partial charge in [-0.3, -0.25) is 14.5 Å². The molecule has 0 spiro atoms. The molecule has 0 aliphatic carbocycles. The van der Waals surface area contributed by atoms with Crippen LogP contribution in [0.15, 0.2) is 47.4 Å². The van der Waals surface area contributed by atoms with Crippen molar-refractivity contribution in [2.45, 2.75) is 19.4 Å². The Labute approximate surface area is 152 Å². The van der Waals surface area contributed by atoms with Crippen molar-refractivity contribution >= 4 is 17.5 Å². The standard InChI is InChI=1S/C19H22ClN3O2/c20-17-10-16(11-22-19(17)25)18(24)21-8-6-15-7-9-23(13-15)12-14-4-2-1-3-5-14/h1-5,10-11,15H,6-9,12-13H2,(H,21,24)(H,22,25). The van der Waals surface area contributed by atoms with Gasteiger partial charge in [-0.15, -0.1) is 0 Å². The Morgan fingerprint density at radius 1 is 1.32 bits per heavy atom. The predicted molar refractivity (Wildman–Crippen MR) is 98.8 cm³/mol. The van der Waals surface area contributed by atoms with Gasteiger partial charge in [-0.25, -0.2) is 0 Å². The lowest BCUT2D eigenvalue weighted by atomic mass is 10.1. The molecule has 1 unspecified atom stereocenters. The van der Waals surface area contributed by atoms with Crippen molar-refractivity contribution in [1.82, 2.24) is 15.2 Å². The van der Waals surface area contributed by atoms with E-state index in [0.29, 0.717) is 18.0 Å². The van der Waals surface area contributed by atoms with Crippen LogP contribution < -0.4 is 10.9 Å². The number of aromatic amines is 1. The number of likely N-dealkylation sites (tertiary alicyclic amines) is 1. The van der Waals surface area contributed by atoms with Crippen molar-refractivity contribution in [2.75, 3.05) is 19.6 Å². The number of carbonyl (C=O) groups excluding carboxylic acids is 1. The van der Waals surface area contributed by atoms with Crippen LogP contribution >= 0.6 is 11.6 Å². The number of H-pyrrole nitrogens is 1. The summed E-state index contributed by atoms with van der Waals surface area (Å²) in [5.41, 5.74) is 1.33. The van der Waals surface area contributed by atoms with Crippen molar-refractivity contribution in [2.24, 2.45) is 5.92 Å². The van der Waals surface area contributed by atoms with Gasteiger partial charge in [0.05, 0.1) is 5.56 Å². The molecule has 2 heterocycles. The minimum Gasteiger partial charge on any atom is -0.352 e. The second-order valence-corrected chi connectivity index (χ2v) is 6.89. The Morgan fingerprint density at radius 3 is 2.88 bits per heavy atom. The van der Waals surface area contributed by atoms with Crippen molar-refractivity contribution < 1.29 is 4.79 Å². The number of pyridine rings is 1. The smallest absolute Gasteiger partial charge is 0.266 e. The molecule has 1 aromatic carbocycles. The highest BCUT2D eigenvalue weighted by molar-refractivity contribution is 6.30. The van der Waals surface area contributed by atoms with Gasteiger partial charge in [-0.1, -0.05) is 41.9 Å². The molecule has 3 rings (SSSR count). The third kappa shape index (κ3) is 4.94. The zero-order valence-corrected chi connectivity index (χ0v) is 14.8. The van der Waals surface area contributed by atoms with Crippen LogP contribution in [0.1, 0.15) is 28.8 Å². The third-order valence-electron chi connectivity index (χ3n) is 4.58. The lowest BCUT2D eigenvalue weighted by Crippen LogP contribution is -2.27. The molecule has 1 aliphatic rings. The first-order chi connectivity index (χ1) is 12.1. The van der Waals surface area contributed by atoms with E-state index >= 15 is 0 Å². The summed E-state index contributed by atoms with van der Waals surface area (Å²) in [6.45, 7) is 3.78. The second-order valence-electron chi connectivity index (χ2n) is 6.49. The fraction of sp³-hybridized carbons (Fsp3) is 0.368. The molecule has 132 valence electrons. The largest absolute Gasteiger partial charge is 0.352 e. The van der Waals surface area contributed by atoms with E-state index in [9.17, 15) is 9.59 Å². The summed E-state index contributed by atoms with van der Waals surface area (Å²) in [6, 6.07) is 11.9. The predicted octanol–water partition coefficient (Wildman–Crippen LogP) is 2.67. The number of nitrogens with zero attached hydrogens (tertiary/aromatic N) is 1. The Hall–Kier alpha value is -2.11. The number of aromatic nitrogens is 1. The zero-order chi connectivity index (χ0) is 17.6. The van der Waals surface area contributed by atoms with E-state index in [1.807, 2.05) is 6.07 Å². The summed E-state index contributed by atoms with van der Waals surface area (Å²) < 4.78 is 0. The van der Waals surface area contributed by atoms with Gasteiger partial charge < -0.3 is 10.3 Å². The fourth-order valence-electron chi connectivity index (χ4n) is 3.21. The molecule has 25 heavy (non-hydrogen) atoms. The summed E-state index contributed by atoms with van der Waals surface area (Å²) >= 11 is 5.75. The number of benzene rings is 1. The van der Waals surface area contributed by atoms with Crippen LogP contribution in [0.2, 0.25) is 5.02 Å². The summed E-state index contributed by atoms with van der Waals surface area (Å²) in [4.78, 5) is 28.2. The summed E-state index contributed by atoms with van der Waals surface area (Å²) in [6.07, 6.45) is 3.50. The van der Waals surface area contributed by atoms with Crippen LogP contribution in [-0.2, 0) is 6.54 Å². The second kappa shape index (κ2) is 8.32. The van der Waals surface area contributed by atoms with Crippen molar-refractivity contribution in [3.8, 4) is 0 Å². The number of amides is 1. The minimum absolute atomic E-state index is 0.0278. The van der Waals surface area contributed by atoms with Gasteiger partial charge in [0.15, 0.2) is 0 Å². The topological polar surface area (TPSA) is 65.2 Å². The van der Waals surface area contributed by atoms with Crippen molar-refractivity contribution in [3.05, 3.63) is 69.1 Å². The molecule has 2 N–H and O–H groups in total. The number of nitrogens with one attached hydrogen (secondary N) is 2. The van der Waals surface area contributed by atoms with E-state index in [0.717, 1.165) is 32.5 Å². The molecule has 5 nitrogen and oxygen atoms in total. The SMILES string of the molecule is O=C(NCCC1CCN(Cc2ccccc2)C1)c1c[nH]c(=O)c(Cl)c1. The first-order valence-electron chi connectivity index (χ1n) is 8.54. The molecule has 1 aromatic heterocycles. The Morgan fingerprint density at radius 2 is 2.12 bits per heavy atom. The highest BCUT2D eigenvalue weighted by atomic mass is 35.5. The molecule has 1 aliphatic heterocycles. The molecular weight excluding hydrogens is 338 g/mol. The first-order valence-corrected chi connectivity index (χ1v) is 8.92. The zero-order valence-electron chi connectivity index (χ0n) is 14.0. The number of hydrogen-bond donors (Lipinski definition) is 2. The molecule has 0 bridgehead atoms. The molecule has 1 fully saturated rings. The molecule has 2 aromatic rings. The van der Waals surface area contributed by atoms with Gasteiger partial charge in [-0.2, -0.15) is 0 Å². The van der Waals surface area contributed by atoms with Gasteiger partial charge >= 0.3 is 0 Å². The van der Waals surface area contributed by atoms with Crippen LogP contribution in [0, 0.1) is 5.92 Å². The van der Waals surface area contributed by atoms with Gasteiger partial charge in [0.2, 0.25) is 0 Å². The highest BCUT2D eigenvalue weighted by Crippen LogP contribution is 2.21. The van der Waals surface area contributed by atoms with Gasteiger partial charge in [0.1, 0.15) is 5.02 Å². The lowest BCUT2D eigenvalue weighted by molar-refractivity contribution is 0.0951. The highest BCUT2D eigenvalue weighted by Gasteiger charge is 2.22. The lowest BCUT2D eigenvalue weighted by Gasteiger charge is -2.16. The summed E-state index contributed by atoms with van der Waals surface area (Å²) in [5.74, 6) is 0.389. The summed E-state index contributed by atoms with van der Waals surface area (Å²) in [7, 11) is 0. The van der Waals surface area contributed by atoms with E-state index in [-0.39, 0.29) is 16.5 Å². The molecule has 0 radical (unpaired) electrons. The van der Waals surface area contributed by atoms with Gasteiger partial charge in [-0.05, 0) is 36.9 Å². The number of rotatable bonds is 6. The van der Waals surface area contributed by atoms with Crippen LogP contribution in [0.3, 0.4) is 0 Å². The van der Waals surface area contributed by atoms with E-state index in [4.69, 9.17) is 11.6 Å². The average molecular weight is 360 g/mol. The maximum absolute atomic E-state index is 12.1. The van der Waals surface area contributed by atoms with Gasteiger partial charge in [0.25, 0.3) is 11.5 Å². The van der Waals surface area contributed by atoms with Crippen molar-refractivity contribution in [1.29, 1.82) is 0 Å². The average Bonchev–Trinajstić information content (AvgIpc) is 3.05. The maximum Gasteiger partial charge on any atom is 0.266 e. The van der Waals surface area contributed by atoms with Crippen LogP contribution in [-0.4, -0.2) is 35.4 Å². The van der Waals surface area contributed by atoms with Crippen LogP contribution in [0.25, 0.3) is 0 Å². The fourth-order valence-corrected chi connectivity index (χ4v) is 3.38. The molecule has 1 saturated heterocycles. The molecule has 0 saturated carbocycles. The molecule has 1 atom stereocenters. The maximum atomic E-state index is 12.1. The van der Waals surface area contributed by atoms with E-state index in [1.54, 1.807) is 0 Å². The summed E-state index contributed by atoms with van der Waals surface area (Å²) in [5, 5.41) is 2.93. The number of halogens is 1. The van der Waals surface area contributed by atoms with Crippen LogP contribution in [0.5, 0.6) is 0 Å². The Bertz CT molecular complexity index is 776. The van der Waals surface area contributed by atoms with E-state index < -0.39 is 0 Å². The third-order valence-corrected chi connectivity index (χ3v) is 4.86.